The van der Waals surface area contributed by atoms with Crippen molar-refractivity contribution in [2.45, 2.75) is 12.8 Å². The van der Waals surface area contributed by atoms with E-state index >= 15 is 0 Å². The molecule has 0 fully saturated rings. The van der Waals surface area contributed by atoms with E-state index < -0.39 is 24.9 Å². The summed E-state index contributed by atoms with van der Waals surface area (Å²) in [7, 11) is 0. The molecule has 0 unspecified atom stereocenters. The third-order valence-corrected chi connectivity index (χ3v) is 3.29. The first kappa shape index (κ1) is 16.4. The molecular formula is C14H15ClF2N4O. The second-order valence-electron chi connectivity index (χ2n) is 4.79. The van der Waals surface area contributed by atoms with E-state index in [0.717, 1.165) is 0 Å². The van der Waals surface area contributed by atoms with Gasteiger partial charge in [0.1, 0.15) is 0 Å². The smallest absolute Gasteiger partial charge is 0.277 e. The van der Waals surface area contributed by atoms with E-state index in [4.69, 9.17) is 17.3 Å². The Morgan fingerprint density at radius 3 is 2.64 bits per heavy atom. The third-order valence-electron chi connectivity index (χ3n) is 3.04. The molecule has 0 aliphatic heterocycles. The predicted molar refractivity (Wildman–Crippen MR) is 79.6 cm³/mol. The van der Waals surface area contributed by atoms with E-state index in [9.17, 15) is 13.6 Å². The Labute approximate surface area is 131 Å². The lowest BCUT2D eigenvalue weighted by Crippen LogP contribution is -2.41. The first-order valence-electron chi connectivity index (χ1n) is 6.51. The number of rotatable bonds is 5. The van der Waals surface area contributed by atoms with Gasteiger partial charge in [0.15, 0.2) is 0 Å². The number of amides is 1. The maximum Gasteiger partial charge on any atom is 0.277 e. The molecule has 0 bridgehead atoms. The van der Waals surface area contributed by atoms with Crippen LogP contribution in [0.1, 0.15) is 16.1 Å². The number of aryl methyl sites for hydroxylation is 1. The highest BCUT2D eigenvalue weighted by atomic mass is 35.5. The second-order valence-corrected chi connectivity index (χ2v) is 5.23. The van der Waals surface area contributed by atoms with Gasteiger partial charge in [-0.25, -0.2) is 13.5 Å². The minimum absolute atomic E-state index is 0.225. The molecular weight excluding hydrogens is 314 g/mol. The van der Waals surface area contributed by atoms with Crippen LogP contribution in [0.15, 0.2) is 30.5 Å². The van der Waals surface area contributed by atoms with Crippen molar-refractivity contribution in [2.24, 2.45) is 5.73 Å². The molecule has 3 N–H and O–H groups in total. The number of alkyl halides is 2. The normalized spacial score (nSPS) is 11.5. The van der Waals surface area contributed by atoms with Crippen molar-refractivity contribution in [1.29, 1.82) is 0 Å². The van der Waals surface area contributed by atoms with Gasteiger partial charge in [0.25, 0.3) is 11.8 Å². The SMILES string of the molecule is Cc1nn(-c2ccc(Cl)cc2)cc1C(=O)NCC(F)(F)CN. The quantitative estimate of drug-likeness (QED) is 0.883. The van der Waals surface area contributed by atoms with Gasteiger partial charge in [0, 0.05) is 11.2 Å². The van der Waals surface area contributed by atoms with E-state index in [1.807, 2.05) is 0 Å². The van der Waals surface area contributed by atoms with Gasteiger partial charge in [0.05, 0.1) is 30.0 Å². The summed E-state index contributed by atoms with van der Waals surface area (Å²) in [6, 6.07) is 6.85. The Morgan fingerprint density at radius 1 is 1.41 bits per heavy atom. The molecule has 0 saturated carbocycles. The lowest BCUT2D eigenvalue weighted by atomic mass is 10.2. The second kappa shape index (κ2) is 6.41. The Morgan fingerprint density at radius 2 is 2.05 bits per heavy atom. The maximum atomic E-state index is 13.1. The number of carbonyl (C=O) groups excluding carboxylic acids is 1. The molecule has 0 radical (unpaired) electrons. The molecule has 8 heteroatoms. The Kier molecular flexibility index (Phi) is 4.77. The van der Waals surface area contributed by atoms with Crippen LogP contribution in [-0.4, -0.2) is 34.7 Å². The first-order valence-corrected chi connectivity index (χ1v) is 6.88. The fourth-order valence-electron chi connectivity index (χ4n) is 1.79. The summed E-state index contributed by atoms with van der Waals surface area (Å²) >= 11 is 5.81. The lowest BCUT2D eigenvalue weighted by molar-refractivity contribution is 0.0118. The van der Waals surface area contributed by atoms with Gasteiger partial charge < -0.3 is 11.1 Å². The number of carbonyl (C=O) groups is 1. The predicted octanol–water partition coefficient (Wildman–Crippen LogP) is 2.16. The zero-order chi connectivity index (χ0) is 16.3. The summed E-state index contributed by atoms with van der Waals surface area (Å²) in [5.41, 5.74) is 6.29. The molecule has 0 aliphatic carbocycles. The molecule has 1 aromatic heterocycles. The number of nitrogens with two attached hydrogens (primary N) is 1. The summed E-state index contributed by atoms with van der Waals surface area (Å²) in [5.74, 6) is -3.75. The van der Waals surface area contributed by atoms with Crippen molar-refractivity contribution in [3.8, 4) is 5.69 Å². The number of aromatic nitrogens is 2. The average molecular weight is 329 g/mol. The fourth-order valence-corrected chi connectivity index (χ4v) is 1.91. The van der Waals surface area contributed by atoms with Gasteiger partial charge in [-0.1, -0.05) is 11.6 Å². The van der Waals surface area contributed by atoms with E-state index in [2.05, 4.69) is 10.4 Å². The third kappa shape index (κ3) is 3.80. The van der Waals surface area contributed by atoms with Crippen LogP contribution >= 0.6 is 11.6 Å². The minimum atomic E-state index is -3.13. The fraction of sp³-hybridized carbons (Fsp3) is 0.286. The molecule has 2 aromatic rings. The molecule has 1 heterocycles. The van der Waals surface area contributed by atoms with Crippen LogP contribution in [0.2, 0.25) is 5.02 Å². The number of halogens is 3. The monoisotopic (exact) mass is 328 g/mol. The van der Waals surface area contributed by atoms with Crippen molar-refractivity contribution >= 4 is 17.5 Å². The van der Waals surface area contributed by atoms with Crippen LogP contribution in [-0.2, 0) is 0 Å². The van der Waals surface area contributed by atoms with Crippen molar-refractivity contribution in [3.63, 3.8) is 0 Å². The van der Waals surface area contributed by atoms with Crippen molar-refractivity contribution < 1.29 is 13.6 Å². The summed E-state index contributed by atoms with van der Waals surface area (Å²) < 4.78 is 27.6. The summed E-state index contributed by atoms with van der Waals surface area (Å²) in [5, 5.41) is 6.94. The van der Waals surface area contributed by atoms with Crippen molar-refractivity contribution in [2.75, 3.05) is 13.1 Å². The highest BCUT2D eigenvalue weighted by Crippen LogP contribution is 2.16. The van der Waals surface area contributed by atoms with Gasteiger partial charge in [-0.3, -0.25) is 4.79 Å². The molecule has 22 heavy (non-hydrogen) atoms. The van der Waals surface area contributed by atoms with Gasteiger partial charge in [-0.05, 0) is 31.2 Å². The molecule has 5 nitrogen and oxygen atoms in total. The standard InChI is InChI=1S/C14H15ClF2N4O/c1-9-12(13(22)19-8-14(16,17)7-18)6-21(20-9)11-4-2-10(15)3-5-11/h2-6H,7-8,18H2,1H3,(H,19,22). The first-order chi connectivity index (χ1) is 10.3. The Hall–Kier alpha value is -1.99. The molecule has 1 aromatic carbocycles. The minimum Gasteiger partial charge on any atom is -0.346 e. The van der Waals surface area contributed by atoms with E-state index in [0.29, 0.717) is 16.4 Å². The Bertz CT molecular complexity index is 670. The largest absolute Gasteiger partial charge is 0.346 e. The van der Waals surface area contributed by atoms with Crippen LogP contribution in [0, 0.1) is 6.92 Å². The van der Waals surface area contributed by atoms with Gasteiger partial charge in [-0.15, -0.1) is 0 Å². The molecule has 2 rings (SSSR count). The number of benzene rings is 1. The molecule has 0 spiro atoms. The van der Waals surface area contributed by atoms with Crippen LogP contribution in [0.25, 0.3) is 5.69 Å². The van der Waals surface area contributed by atoms with E-state index in [1.54, 1.807) is 31.2 Å². The van der Waals surface area contributed by atoms with Crippen LogP contribution < -0.4 is 11.1 Å². The maximum absolute atomic E-state index is 13.1. The lowest BCUT2D eigenvalue weighted by Gasteiger charge is -2.14. The highest BCUT2D eigenvalue weighted by Gasteiger charge is 2.28. The van der Waals surface area contributed by atoms with Gasteiger partial charge >= 0.3 is 0 Å². The topological polar surface area (TPSA) is 72.9 Å². The zero-order valence-electron chi connectivity index (χ0n) is 11.8. The van der Waals surface area contributed by atoms with Gasteiger partial charge in [0.2, 0.25) is 0 Å². The highest BCUT2D eigenvalue weighted by molar-refractivity contribution is 6.30. The Balaban J connectivity index is 2.16. The van der Waals surface area contributed by atoms with Crippen LogP contribution in [0.3, 0.4) is 0 Å². The van der Waals surface area contributed by atoms with Crippen LogP contribution in [0.5, 0.6) is 0 Å². The molecule has 118 valence electrons. The number of nitrogens with one attached hydrogen (secondary N) is 1. The number of hydrogen-bond acceptors (Lipinski definition) is 3. The van der Waals surface area contributed by atoms with Crippen molar-refractivity contribution in [3.05, 3.63) is 46.7 Å². The molecule has 0 aliphatic rings. The van der Waals surface area contributed by atoms with Crippen molar-refractivity contribution in [1.82, 2.24) is 15.1 Å². The van der Waals surface area contributed by atoms with Crippen LogP contribution in [0.4, 0.5) is 8.78 Å². The zero-order valence-corrected chi connectivity index (χ0v) is 12.6. The number of nitrogens with zero attached hydrogens (tertiary/aromatic N) is 2. The average Bonchev–Trinajstić information content (AvgIpc) is 2.88. The molecule has 1 amide bonds. The summed E-state index contributed by atoms with van der Waals surface area (Å²) in [6.45, 7) is -0.00734. The van der Waals surface area contributed by atoms with Gasteiger partial charge in [-0.2, -0.15) is 5.10 Å². The summed E-state index contributed by atoms with van der Waals surface area (Å²) in [6.07, 6.45) is 1.48. The number of hydrogen-bond donors (Lipinski definition) is 2. The molecule has 0 saturated heterocycles. The molecule has 0 atom stereocenters. The van der Waals surface area contributed by atoms with E-state index in [-0.39, 0.29) is 5.56 Å². The summed E-state index contributed by atoms with van der Waals surface area (Å²) in [4.78, 5) is 12.0. The van der Waals surface area contributed by atoms with E-state index in [1.165, 1.54) is 10.9 Å².